The highest BCUT2D eigenvalue weighted by atomic mass is 15.0. The Balaban J connectivity index is 1.30. The van der Waals surface area contributed by atoms with Gasteiger partial charge >= 0.3 is 0 Å². The number of aryl methyl sites for hydroxylation is 1. The number of rotatable bonds is 3. The van der Waals surface area contributed by atoms with Crippen LogP contribution < -0.4 is 0 Å². The van der Waals surface area contributed by atoms with Crippen molar-refractivity contribution >= 4 is 60.6 Å². The Kier molecular flexibility index (Phi) is 5.32. The van der Waals surface area contributed by atoms with Gasteiger partial charge in [0.05, 0.1) is 27.6 Å². The summed E-state index contributed by atoms with van der Waals surface area (Å²) >= 11 is 0. The van der Waals surface area contributed by atoms with E-state index in [9.17, 15) is 0 Å². The summed E-state index contributed by atoms with van der Waals surface area (Å²) in [7, 11) is 0. The van der Waals surface area contributed by atoms with Crippen LogP contribution in [0, 0.1) is 6.92 Å². The van der Waals surface area contributed by atoms with Gasteiger partial charge in [-0.2, -0.15) is 0 Å². The van der Waals surface area contributed by atoms with E-state index in [1.807, 2.05) is 0 Å². The van der Waals surface area contributed by atoms with E-state index in [0.29, 0.717) is 0 Å². The summed E-state index contributed by atoms with van der Waals surface area (Å²) in [5.41, 5.74) is 13.7. The number of nitrogens with zero attached hydrogens (tertiary/aromatic N) is 3. The van der Waals surface area contributed by atoms with Gasteiger partial charge in [0.1, 0.15) is 0 Å². The number of aromatic nitrogens is 3. The summed E-state index contributed by atoms with van der Waals surface area (Å²) in [6, 6.07) is 49.3. The van der Waals surface area contributed by atoms with Crippen LogP contribution in [-0.2, 0) is 6.42 Å². The Hall–Kier alpha value is -5.80. The lowest BCUT2D eigenvalue weighted by atomic mass is 10.0. The number of fused-ring (bicyclic) bond motifs is 9. The monoisotopic (exact) mass is 589 g/mol. The van der Waals surface area contributed by atoms with Crippen molar-refractivity contribution in [3.8, 4) is 17.1 Å². The summed E-state index contributed by atoms with van der Waals surface area (Å²) in [5.74, 6) is 0. The van der Waals surface area contributed by atoms with Crippen LogP contribution in [0.2, 0.25) is 0 Å². The first-order valence-electron chi connectivity index (χ1n) is 16.2. The van der Waals surface area contributed by atoms with Crippen LogP contribution in [-0.4, -0.2) is 13.7 Å². The predicted octanol–water partition coefficient (Wildman–Crippen LogP) is 11.1. The maximum atomic E-state index is 2.50. The van der Waals surface area contributed by atoms with Gasteiger partial charge in [-0.25, -0.2) is 0 Å². The van der Waals surface area contributed by atoms with Gasteiger partial charge < -0.3 is 13.7 Å². The molecular weight excluding hydrogens is 558 g/mol. The zero-order valence-electron chi connectivity index (χ0n) is 25.6. The lowest BCUT2D eigenvalue weighted by molar-refractivity contribution is 0.889. The zero-order chi connectivity index (χ0) is 30.4. The first kappa shape index (κ1) is 25.5. The Morgan fingerprint density at radius 1 is 0.435 bits per heavy atom. The minimum absolute atomic E-state index is 1.04. The molecule has 0 unspecified atom stereocenters. The molecule has 0 bridgehead atoms. The van der Waals surface area contributed by atoms with Gasteiger partial charge in [0.25, 0.3) is 0 Å². The van der Waals surface area contributed by atoms with E-state index in [1.165, 1.54) is 88.4 Å². The molecule has 10 rings (SSSR count). The van der Waals surface area contributed by atoms with Gasteiger partial charge in [-0.1, -0.05) is 78.9 Å². The van der Waals surface area contributed by atoms with E-state index in [0.717, 1.165) is 12.8 Å². The molecule has 0 N–H and O–H groups in total. The van der Waals surface area contributed by atoms with Crippen molar-refractivity contribution in [1.29, 1.82) is 0 Å². The highest BCUT2D eigenvalue weighted by Crippen LogP contribution is 2.39. The fourth-order valence-electron chi connectivity index (χ4n) is 7.99. The third-order valence-electron chi connectivity index (χ3n) is 9.94. The summed E-state index contributed by atoms with van der Waals surface area (Å²) < 4.78 is 7.36. The largest absolute Gasteiger partial charge is 0.313 e. The van der Waals surface area contributed by atoms with Crippen LogP contribution in [0.5, 0.6) is 0 Å². The van der Waals surface area contributed by atoms with Crippen LogP contribution in [0.15, 0.2) is 140 Å². The van der Waals surface area contributed by atoms with E-state index in [-0.39, 0.29) is 0 Å². The molecule has 0 amide bonds. The Labute approximate surface area is 266 Å². The van der Waals surface area contributed by atoms with Gasteiger partial charge in [0, 0.05) is 55.3 Å². The average molecular weight is 590 g/mol. The molecule has 46 heavy (non-hydrogen) atoms. The molecule has 218 valence electrons. The lowest BCUT2D eigenvalue weighted by Gasteiger charge is -2.14. The Morgan fingerprint density at radius 2 is 0.957 bits per heavy atom. The first-order valence-corrected chi connectivity index (χ1v) is 16.2. The van der Waals surface area contributed by atoms with Crippen molar-refractivity contribution in [2.45, 2.75) is 19.8 Å². The molecular formula is C43H31N3. The van der Waals surface area contributed by atoms with Crippen LogP contribution in [0.25, 0.3) is 77.7 Å². The molecule has 0 atom stereocenters. The summed E-state index contributed by atoms with van der Waals surface area (Å²) in [6.45, 7) is 2.17. The molecule has 3 aromatic heterocycles. The van der Waals surface area contributed by atoms with Gasteiger partial charge in [-0.05, 0) is 92.1 Å². The zero-order valence-corrected chi connectivity index (χ0v) is 25.6. The first-order chi connectivity index (χ1) is 22.7. The van der Waals surface area contributed by atoms with Crippen molar-refractivity contribution in [1.82, 2.24) is 13.7 Å². The fourth-order valence-corrected chi connectivity index (χ4v) is 7.99. The maximum absolute atomic E-state index is 2.50. The van der Waals surface area contributed by atoms with Gasteiger partial charge in [-0.15, -0.1) is 0 Å². The summed E-state index contributed by atoms with van der Waals surface area (Å²) in [6.07, 6.45) is 6.74. The normalized spacial score (nSPS) is 13.1. The molecule has 6 aromatic carbocycles. The van der Waals surface area contributed by atoms with E-state index >= 15 is 0 Å². The second-order valence-corrected chi connectivity index (χ2v) is 12.6. The molecule has 1 aliphatic rings. The van der Waals surface area contributed by atoms with Crippen molar-refractivity contribution < 1.29 is 0 Å². The second-order valence-electron chi connectivity index (χ2n) is 12.6. The quantitative estimate of drug-likeness (QED) is 0.195. The molecule has 0 fully saturated rings. The second kappa shape index (κ2) is 9.60. The van der Waals surface area contributed by atoms with Gasteiger partial charge in [0.2, 0.25) is 0 Å². The molecule has 3 heteroatoms. The molecule has 0 saturated carbocycles. The van der Waals surface area contributed by atoms with E-state index in [2.05, 4.69) is 166 Å². The molecule has 0 aliphatic heterocycles. The van der Waals surface area contributed by atoms with Gasteiger partial charge in [-0.3, -0.25) is 0 Å². The molecule has 0 spiro atoms. The molecule has 3 nitrogen and oxygen atoms in total. The van der Waals surface area contributed by atoms with E-state index < -0.39 is 0 Å². The number of hydrogen-bond donors (Lipinski definition) is 0. The molecule has 3 heterocycles. The smallest absolute Gasteiger partial charge is 0.0542 e. The standard InChI is InChI=1S/C43H31N3/c1-28-11-10-12-29(25-28)44-42-23-21-30(45-38-17-6-2-13-32(38)33-14-3-7-18-39(33)45)26-36(42)37-27-31(22-24-43(37)44)46-40-19-8-4-15-34(40)35-16-5-9-20-41(35)46/h2-8,10-19,21-27H,9,20H2,1H3. The van der Waals surface area contributed by atoms with Crippen molar-refractivity contribution in [3.05, 3.63) is 156 Å². The van der Waals surface area contributed by atoms with E-state index in [1.54, 1.807) is 0 Å². The third-order valence-corrected chi connectivity index (χ3v) is 9.94. The molecule has 0 radical (unpaired) electrons. The maximum Gasteiger partial charge on any atom is 0.0542 e. The van der Waals surface area contributed by atoms with Gasteiger partial charge in [0.15, 0.2) is 0 Å². The summed E-state index contributed by atoms with van der Waals surface area (Å²) in [4.78, 5) is 0. The predicted molar refractivity (Wildman–Crippen MR) is 194 cm³/mol. The highest BCUT2D eigenvalue weighted by Gasteiger charge is 2.21. The molecule has 1 aliphatic carbocycles. The fraction of sp³-hybridized carbons (Fsp3) is 0.0698. The Bertz CT molecular complexity index is 2660. The topological polar surface area (TPSA) is 14.8 Å². The van der Waals surface area contributed by atoms with Crippen molar-refractivity contribution in [2.24, 2.45) is 0 Å². The Morgan fingerprint density at radius 3 is 1.59 bits per heavy atom. The highest BCUT2D eigenvalue weighted by molar-refractivity contribution is 6.12. The van der Waals surface area contributed by atoms with Crippen LogP contribution in [0.3, 0.4) is 0 Å². The number of benzene rings is 6. The van der Waals surface area contributed by atoms with Crippen molar-refractivity contribution in [3.63, 3.8) is 0 Å². The molecule has 0 saturated heterocycles. The van der Waals surface area contributed by atoms with Crippen molar-refractivity contribution in [2.75, 3.05) is 0 Å². The lowest BCUT2D eigenvalue weighted by Crippen LogP contribution is -2.03. The third kappa shape index (κ3) is 3.54. The average Bonchev–Trinajstić information content (AvgIpc) is 3.73. The SMILES string of the molecule is Cc1cccc(-n2c3ccc(-n4c5c(c6ccccc64)C=CCC5)cc3c3cc(-n4c5ccccc5c5ccccc54)ccc32)c1. The summed E-state index contributed by atoms with van der Waals surface area (Å²) in [5, 5.41) is 6.39. The number of para-hydroxylation sites is 3. The number of hydrogen-bond acceptors (Lipinski definition) is 0. The van der Waals surface area contributed by atoms with Crippen LogP contribution >= 0.6 is 0 Å². The van der Waals surface area contributed by atoms with Crippen LogP contribution in [0.4, 0.5) is 0 Å². The number of allylic oxidation sites excluding steroid dienone is 1. The van der Waals surface area contributed by atoms with E-state index in [4.69, 9.17) is 0 Å². The molecule has 9 aromatic rings. The minimum atomic E-state index is 1.04. The minimum Gasteiger partial charge on any atom is -0.313 e. The van der Waals surface area contributed by atoms with Crippen LogP contribution in [0.1, 0.15) is 23.2 Å².